The Hall–Kier alpha value is -2.42. The first-order valence-electron chi connectivity index (χ1n) is 7.83. The van der Waals surface area contributed by atoms with Crippen molar-refractivity contribution >= 4 is 18.9 Å². The minimum Gasteiger partial charge on any atom is -0.535 e. The highest BCUT2D eigenvalue weighted by molar-refractivity contribution is 6.44. The van der Waals surface area contributed by atoms with Crippen LogP contribution in [0.25, 0.3) is 0 Å². The zero-order valence-electron chi connectivity index (χ0n) is 13.3. The van der Waals surface area contributed by atoms with E-state index in [1.165, 1.54) is 0 Å². The quantitative estimate of drug-likeness (QED) is 0.249. The average Bonchev–Trinajstić information content (AvgIpc) is 3.01. The monoisotopic (exact) mass is 334 g/mol. The smallest absolute Gasteiger partial charge is 0.522 e. The van der Waals surface area contributed by atoms with Gasteiger partial charge in [-0.25, -0.2) is 4.79 Å². The van der Waals surface area contributed by atoms with Crippen molar-refractivity contribution in [3.8, 4) is 11.5 Å². The number of carboxylic acids is 1. The van der Waals surface area contributed by atoms with Crippen LogP contribution in [-0.4, -0.2) is 58.4 Å². The fourth-order valence-electron chi connectivity index (χ4n) is 3.08. The van der Waals surface area contributed by atoms with Gasteiger partial charge in [-0.1, -0.05) is 11.2 Å². The molecule has 0 aromatic heterocycles. The third-order valence-corrected chi connectivity index (χ3v) is 4.37. The van der Waals surface area contributed by atoms with E-state index < -0.39 is 13.1 Å². The van der Waals surface area contributed by atoms with E-state index in [4.69, 9.17) is 14.6 Å². The van der Waals surface area contributed by atoms with Crippen molar-refractivity contribution in [2.24, 2.45) is 5.16 Å². The zero-order valence-corrected chi connectivity index (χ0v) is 13.3. The third-order valence-electron chi connectivity index (χ3n) is 4.37. The van der Waals surface area contributed by atoms with Crippen LogP contribution in [-0.2, 0) is 6.42 Å². The van der Waals surface area contributed by atoms with E-state index in [2.05, 4.69) is 5.16 Å². The van der Waals surface area contributed by atoms with Crippen molar-refractivity contribution in [2.45, 2.75) is 32.2 Å². The molecule has 0 amide bonds. The SMILES string of the molecule is C/C(=N\O)N1CC[C@@H](Oc2ccc3c(c2C(=O)O)OB(O)CC3)C1. The van der Waals surface area contributed by atoms with Crippen molar-refractivity contribution in [1.82, 2.24) is 4.90 Å². The van der Waals surface area contributed by atoms with Gasteiger partial charge in [0.05, 0.1) is 6.54 Å². The molecular weight excluding hydrogens is 315 g/mol. The van der Waals surface area contributed by atoms with Crippen LogP contribution in [0.5, 0.6) is 11.5 Å². The lowest BCUT2D eigenvalue weighted by atomic mass is 9.78. The summed E-state index contributed by atoms with van der Waals surface area (Å²) < 4.78 is 11.2. The highest BCUT2D eigenvalue weighted by Gasteiger charge is 2.32. The molecule has 3 rings (SSSR count). The summed E-state index contributed by atoms with van der Waals surface area (Å²) in [5.41, 5.74) is 0.693. The van der Waals surface area contributed by atoms with E-state index in [9.17, 15) is 14.9 Å². The second-order valence-corrected chi connectivity index (χ2v) is 5.97. The second-order valence-electron chi connectivity index (χ2n) is 5.97. The Morgan fingerprint density at radius 2 is 2.29 bits per heavy atom. The van der Waals surface area contributed by atoms with Crippen LogP contribution < -0.4 is 9.39 Å². The average molecular weight is 334 g/mol. The molecule has 8 nitrogen and oxygen atoms in total. The lowest BCUT2D eigenvalue weighted by Gasteiger charge is -2.24. The fourth-order valence-corrected chi connectivity index (χ4v) is 3.08. The van der Waals surface area contributed by atoms with Gasteiger partial charge in [0.25, 0.3) is 0 Å². The highest BCUT2D eigenvalue weighted by Crippen LogP contribution is 2.37. The molecule has 0 saturated carbocycles. The fraction of sp³-hybridized carbons (Fsp3) is 0.467. The number of fused-ring (bicyclic) bond motifs is 1. The molecule has 0 spiro atoms. The second kappa shape index (κ2) is 6.60. The predicted molar refractivity (Wildman–Crippen MR) is 86.0 cm³/mol. The van der Waals surface area contributed by atoms with Crippen LogP contribution in [0, 0.1) is 0 Å². The van der Waals surface area contributed by atoms with Crippen molar-refractivity contribution < 1.29 is 29.5 Å². The molecule has 1 aromatic rings. The summed E-state index contributed by atoms with van der Waals surface area (Å²) in [6.45, 7) is 2.87. The van der Waals surface area contributed by atoms with E-state index in [-0.39, 0.29) is 23.2 Å². The lowest BCUT2D eigenvalue weighted by Crippen LogP contribution is -2.30. The van der Waals surface area contributed by atoms with Gasteiger partial charge in [-0.05, 0) is 31.3 Å². The Labute approximate surface area is 139 Å². The van der Waals surface area contributed by atoms with Crippen LogP contribution in [0.3, 0.4) is 0 Å². The van der Waals surface area contributed by atoms with Gasteiger partial charge in [0.2, 0.25) is 0 Å². The molecule has 2 aliphatic heterocycles. The molecule has 0 radical (unpaired) electrons. The third kappa shape index (κ3) is 3.12. The molecule has 1 fully saturated rings. The number of benzene rings is 1. The van der Waals surface area contributed by atoms with E-state index in [1.807, 2.05) is 4.90 Å². The summed E-state index contributed by atoms with van der Waals surface area (Å²) in [7, 11) is -1.00. The maximum atomic E-state index is 11.7. The van der Waals surface area contributed by atoms with Crippen molar-refractivity contribution in [3.05, 3.63) is 23.3 Å². The minimum absolute atomic E-state index is 0.0581. The summed E-state index contributed by atoms with van der Waals surface area (Å²) in [5, 5.41) is 31.2. The highest BCUT2D eigenvalue weighted by atomic mass is 16.5. The number of aryl methyl sites for hydroxylation is 1. The molecule has 2 aliphatic rings. The van der Waals surface area contributed by atoms with Gasteiger partial charge in [-0.3, -0.25) is 0 Å². The molecule has 0 bridgehead atoms. The molecular formula is C15H19BN2O6. The molecule has 0 aliphatic carbocycles. The maximum absolute atomic E-state index is 11.7. The minimum atomic E-state index is -1.15. The summed E-state index contributed by atoms with van der Waals surface area (Å²) in [6, 6.07) is 3.41. The number of hydrogen-bond donors (Lipinski definition) is 3. The molecule has 3 N–H and O–H groups in total. The van der Waals surface area contributed by atoms with Gasteiger partial charge in [0.1, 0.15) is 29.0 Å². The van der Waals surface area contributed by atoms with Crippen molar-refractivity contribution in [3.63, 3.8) is 0 Å². The zero-order chi connectivity index (χ0) is 17.3. The van der Waals surface area contributed by atoms with Gasteiger partial charge >= 0.3 is 13.1 Å². The Morgan fingerprint density at radius 3 is 3.00 bits per heavy atom. The summed E-state index contributed by atoms with van der Waals surface area (Å²) >= 11 is 0. The van der Waals surface area contributed by atoms with Crippen molar-refractivity contribution in [2.75, 3.05) is 13.1 Å². The number of carboxylic acid groups (broad SMARTS) is 1. The van der Waals surface area contributed by atoms with E-state index in [1.54, 1.807) is 19.1 Å². The van der Waals surface area contributed by atoms with E-state index in [0.29, 0.717) is 38.1 Å². The Kier molecular flexibility index (Phi) is 4.52. The number of likely N-dealkylation sites (tertiary alicyclic amines) is 1. The predicted octanol–water partition coefficient (Wildman–Crippen LogP) is 1.06. The number of amidine groups is 1. The van der Waals surface area contributed by atoms with E-state index >= 15 is 0 Å². The van der Waals surface area contributed by atoms with Crippen LogP contribution >= 0.6 is 0 Å². The molecule has 24 heavy (non-hydrogen) atoms. The lowest BCUT2D eigenvalue weighted by molar-refractivity contribution is 0.0686. The van der Waals surface area contributed by atoms with Gasteiger partial charge in [-0.15, -0.1) is 0 Å². The number of ether oxygens (including phenoxy) is 1. The topological polar surface area (TPSA) is 112 Å². The summed E-state index contributed by atoms with van der Waals surface area (Å²) in [6.07, 6.45) is 1.46. The van der Waals surface area contributed by atoms with Gasteiger partial charge in [-0.2, -0.15) is 0 Å². The number of oxime groups is 1. The van der Waals surface area contributed by atoms with Crippen LogP contribution in [0.2, 0.25) is 6.32 Å². The Balaban J connectivity index is 1.84. The van der Waals surface area contributed by atoms with Gasteiger partial charge in [0.15, 0.2) is 0 Å². The largest absolute Gasteiger partial charge is 0.535 e. The van der Waals surface area contributed by atoms with Crippen LogP contribution in [0.15, 0.2) is 17.3 Å². The molecule has 1 saturated heterocycles. The van der Waals surface area contributed by atoms with Crippen LogP contribution in [0.4, 0.5) is 0 Å². The van der Waals surface area contributed by atoms with Gasteiger partial charge < -0.3 is 29.6 Å². The first kappa shape index (κ1) is 16.4. The number of nitrogens with zero attached hydrogens (tertiary/aromatic N) is 2. The molecule has 2 heterocycles. The van der Waals surface area contributed by atoms with Crippen LogP contribution in [0.1, 0.15) is 29.3 Å². The van der Waals surface area contributed by atoms with E-state index in [0.717, 1.165) is 5.56 Å². The Bertz CT molecular complexity index is 680. The standard InChI is InChI=1S/C15H19BN2O6/c1-9(17-22)18-7-5-11(8-18)23-12-3-2-10-4-6-16(21)24-14(10)13(12)15(19)20/h2-3,11,21-22H,4-8H2,1H3,(H,19,20)/b17-9+/t11-/m1/s1. The number of hydrogen-bond acceptors (Lipinski definition) is 6. The first-order valence-corrected chi connectivity index (χ1v) is 7.83. The number of aromatic carboxylic acids is 1. The molecule has 128 valence electrons. The summed E-state index contributed by atoms with van der Waals surface area (Å²) in [5.74, 6) is -0.252. The molecule has 9 heteroatoms. The molecule has 1 aromatic carbocycles. The number of rotatable bonds is 3. The van der Waals surface area contributed by atoms with Gasteiger partial charge in [0, 0.05) is 13.0 Å². The van der Waals surface area contributed by atoms with Crippen molar-refractivity contribution in [1.29, 1.82) is 0 Å². The normalized spacial score (nSPS) is 20.6. The first-order chi connectivity index (χ1) is 11.5. The number of carbonyl (C=O) groups is 1. The summed E-state index contributed by atoms with van der Waals surface area (Å²) in [4.78, 5) is 13.6. The Morgan fingerprint density at radius 1 is 1.50 bits per heavy atom. The maximum Gasteiger partial charge on any atom is 0.522 e. The molecule has 0 unspecified atom stereocenters. The molecule has 1 atom stereocenters.